The molecule has 1 aliphatic heterocycles. The summed E-state index contributed by atoms with van der Waals surface area (Å²) in [5.74, 6) is -0.322. The molecule has 0 unspecified atom stereocenters. The fraction of sp³-hybridized carbons (Fsp3) is 0.333. The van der Waals surface area contributed by atoms with Crippen molar-refractivity contribution in [2.24, 2.45) is 0 Å². The van der Waals surface area contributed by atoms with Crippen LogP contribution < -0.4 is 10.1 Å². The first-order valence-electron chi connectivity index (χ1n) is 8.49. The van der Waals surface area contributed by atoms with Gasteiger partial charge in [-0.05, 0) is 29.3 Å². The van der Waals surface area contributed by atoms with Crippen molar-refractivity contribution < 1.29 is 22.8 Å². The number of nitro groups is 1. The van der Waals surface area contributed by atoms with Gasteiger partial charge in [0.25, 0.3) is 5.69 Å². The molecule has 0 amide bonds. The number of nitrogens with one attached hydrogen (secondary N) is 1. The monoisotopic (exact) mass is 415 g/mol. The molecule has 0 aliphatic carbocycles. The van der Waals surface area contributed by atoms with Gasteiger partial charge in [-0.2, -0.15) is 0 Å². The molecule has 1 N–H and O–H groups in total. The van der Waals surface area contributed by atoms with Crippen molar-refractivity contribution in [2.45, 2.75) is 12.4 Å². The van der Waals surface area contributed by atoms with Crippen molar-refractivity contribution in [2.75, 3.05) is 26.2 Å². The zero-order chi connectivity index (χ0) is 20.3. The Kier molecular flexibility index (Phi) is 6.07. The van der Waals surface area contributed by atoms with E-state index in [0.717, 1.165) is 13.1 Å². The predicted octanol–water partition coefficient (Wildman–Crippen LogP) is 4.14. The van der Waals surface area contributed by atoms with Gasteiger partial charge < -0.3 is 10.1 Å². The summed E-state index contributed by atoms with van der Waals surface area (Å²) in [6, 6.07) is 9.76. The lowest BCUT2D eigenvalue weighted by atomic mass is 9.96. The molecule has 10 heteroatoms. The van der Waals surface area contributed by atoms with E-state index in [0.29, 0.717) is 24.2 Å². The van der Waals surface area contributed by atoms with Crippen molar-refractivity contribution in [1.29, 1.82) is 0 Å². The van der Waals surface area contributed by atoms with Crippen LogP contribution in [0.3, 0.4) is 0 Å². The Bertz CT molecular complexity index is 840. The zero-order valence-corrected chi connectivity index (χ0v) is 15.3. The molecule has 1 heterocycles. The van der Waals surface area contributed by atoms with Crippen LogP contribution in [-0.2, 0) is 0 Å². The average molecular weight is 416 g/mol. The number of halogens is 4. The van der Waals surface area contributed by atoms with Crippen LogP contribution in [0.2, 0.25) is 5.02 Å². The SMILES string of the molecule is O=[N+]([O-])c1cc([C@@H](c2ccc(OC(F)(F)F)cc2)N2CCNCC2)ccc1Cl. The minimum Gasteiger partial charge on any atom is -0.406 e. The largest absolute Gasteiger partial charge is 0.573 e. The van der Waals surface area contributed by atoms with Crippen LogP contribution in [0.15, 0.2) is 42.5 Å². The number of ether oxygens (including phenoxy) is 1. The topological polar surface area (TPSA) is 67.6 Å². The van der Waals surface area contributed by atoms with Crippen LogP contribution >= 0.6 is 11.6 Å². The number of hydrogen-bond donors (Lipinski definition) is 1. The lowest BCUT2D eigenvalue weighted by Crippen LogP contribution is -2.45. The summed E-state index contributed by atoms with van der Waals surface area (Å²) in [4.78, 5) is 12.8. The third-order valence-electron chi connectivity index (χ3n) is 4.43. The summed E-state index contributed by atoms with van der Waals surface area (Å²) in [6.07, 6.45) is -4.77. The molecular weight excluding hydrogens is 399 g/mol. The van der Waals surface area contributed by atoms with Crippen molar-refractivity contribution in [1.82, 2.24) is 10.2 Å². The number of piperazine rings is 1. The summed E-state index contributed by atoms with van der Waals surface area (Å²) in [5, 5.41) is 14.5. The van der Waals surface area contributed by atoms with Crippen molar-refractivity contribution >= 4 is 17.3 Å². The molecule has 2 aromatic carbocycles. The lowest BCUT2D eigenvalue weighted by Gasteiger charge is -2.35. The van der Waals surface area contributed by atoms with Gasteiger partial charge in [0.1, 0.15) is 10.8 Å². The molecule has 1 aliphatic rings. The Morgan fingerprint density at radius 2 is 1.71 bits per heavy atom. The van der Waals surface area contributed by atoms with Crippen LogP contribution in [0.5, 0.6) is 5.75 Å². The summed E-state index contributed by atoms with van der Waals surface area (Å²) < 4.78 is 41.1. The highest BCUT2D eigenvalue weighted by molar-refractivity contribution is 6.32. The van der Waals surface area contributed by atoms with Gasteiger partial charge in [0.15, 0.2) is 0 Å². The zero-order valence-electron chi connectivity index (χ0n) is 14.6. The quantitative estimate of drug-likeness (QED) is 0.587. The standard InChI is InChI=1S/C18H17ClF3N3O3/c19-15-6-3-13(11-16(15)25(26)27)17(24-9-7-23-8-10-24)12-1-4-14(5-2-12)28-18(20,21)22/h1-6,11,17,23H,7-10H2/t17-/m1/s1. The van der Waals surface area contributed by atoms with Gasteiger partial charge in [-0.3, -0.25) is 15.0 Å². The van der Waals surface area contributed by atoms with E-state index < -0.39 is 11.3 Å². The van der Waals surface area contributed by atoms with E-state index in [1.807, 2.05) is 0 Å². The maximum Gasteiger partial charge on any atom is 0.573 e. The first-order chi connectivity index (χ1) is 13.2. The minimum absolute atomic E-state index is 0.0294. The number of benzene rings is 2. The van der Waals surface area contributed by atoms with Gasteiger partial charge in [-0.15, -0.1) is 13.2 Å². The molecule has 0 saturated carbocycles. The van der Waals surface area contributed by atoms with E-state index in [2.05, 4.69) is 15.0 Å². The predicted molar refractivity (Wildman–Crippen MR) is 97.5 cm³/mol. The average Bonchev–Trinajstić information content (AvgIpc) is 2.64. The smallest absolute Gasteiger partial charge is 0.406 e. The van der Waals surface area contributed by atoms with Crippen LogP contribution in [0.1, 0.15) is 17.2 Å². The molecule has 1 atom stereocenters. The Balaban J connectivity index is 1.98. The van der Waals surface area contributed by atoms with Gasteiger partial charge in [0.05, 0.1) is 11.0 Å². The first-order valence-corrected chi connectivity index (χ1v) is 8.87. The highest BCUT2D eigenvalue weighted by atomic mass is 35.5. The Morgan fingerprint density at radius 1 is 1.11 bits per heavy atom. The number of nitro benzene ring substituents is 1. The lowest BCUT2D eigenvalue weighted by molar-refractivity contribution is -0.384. The summed E-state index contributed by atoms with van der Waals surface area (Å²) in [7, 11) is 0. The third kappa shape index (κ3) is 4.92. The molecule has 6 nitrogen and oxygen atoms in total. The molecule has 0 radical (unpaired) electrons. The minimum atomic E-state index is -4.77. The van der Waals surface area contributed by atoms with Crippen molar-refractivity contribution in [3.63, 3.8) is 0 Å². The summed E-state index contributed by atoms with van der Waals surface area (Å²) in [6.45, 7) is 2.84. The molecule has 2 aromatic rings. The fourth-order valence-electron chi connectivity index (χ4n) is 3.25. The first kappa shape index (κ1) is 20.4. The van der Waals surface area contributed by atoms with Gasteiger partial charge >= 0.3 is 6.36 Å². The number of rotatable bonds is 5. The molecule has 150 valence electrons. The maximum atomic E-state index is 12.4. The molecule has 28 heavy (non-hydrogen) atoms. The van der Waals surface area contributed by atoms with Gasteiger partial charge in [-0.1, -0.05) is 29.8 Å². The highest BCUT2D eigenvalue weighted by Crippen LogP contribution is 2.35. The Hall–Kier alpha value is -2.36. The highest BCUT2D eigenvalue weighted by Gasteiger charge is 2.31. The van der Waals surface area contributed by atoms with Crippen LogP contribution in [-0.4, -0.2) is 42.4 Å². The van der Waals surface area contributed by atoms with E-state index >= 15 is 0 Å². The Labute approximate surface area is 164 Å². The Morgan fingerprint density at radius 3 is 2.29 bits per heavy atom. The van der Waals surface area contributed by atoms with Crippen LogP contribution in [0, 0.1) is 10.1 Å². The molecular formula is C18H17ClF3N3O3. The molecule has 1 fully saturated rings. The van der Waals surface area contributed by atoms with Crippen LogP contribution in [0.25, 0.3) is 0 Å². The summed E-state index contributed by atoms with van der Waals surface area (Å²) in [5.41, 5.74) is 1.13. The molecule has 0 spiro atoms. The number of alkyl halides is 3. The van der Waals surface area contributed by atoms with E-state index in [1.165, 1.54) is 36.4 Å². The summed E-state index contributed by atoms with van der Waals surface area (Å²) >= 11 is 5.92. The van der Waals surface area contributed by atoms with Gasteiger partial charge in [0.2, 0.25) is 0 Å². The van der Waals surface area contributed by atoms with E-state index in [-0.39, 0.29) is 22.5 Å². The molecule has 1 saturated heterocycles. The van der Waals surface area contributed by atoms with Gasteiger partial charge in [-0.25, -0.2) is 0 Å². The van der Waals surface area contributed by atoms with Crippen molar-refractivity contribution in [3.8, 4) is 5.75 Å². The fourth-order valence-corrected chi connectivity index (χ4v) is 3.43. The second kappa shape index (κ2) is 8.34. The third-order valence-corrected chi connectivity index (χ3v) is 4.75. The van der Waals surface area contributed by atoms with Crippen molar-refractivity contribution in [3.05, 3.63) is 68.7 Å². The molecule has 3 rings (SSSR count). The number of nitrogens with zero attached hydrogens (tertiary/aromatic N) is 2. The van der Waals surface area contributed by atoms with E-state index in [4.69, 9.17) is 11.6 Å². The molecule has 0 aromatic heterocycles. The van der Waals surface area contributed by atoms with E-state index in [9.17, 15) is 23.3 Å². The number of hydrogen-bond acceptors (Lipinski definition) is 5. The maximum absolute atomic E-state index is 12.4. The van der Waals surface area contributed by atoms with Crippen LogP contribution in [0.4, 0.5) is 18.9 Å². The second-order valence-electron chi connectivity index (χ2n) is 6.27. The van der Waals surface area contributed by atoms with Gasteiger partial charge in [0, 0.05) is 32.2 Å². The van der Waals surface area contributed by atoms with E-state index in [1.54, 1.807) is 6.07 Å². The normalized spacial score (nSPS) is 16.6. The second-order valence-corrected chi connectivity index (χ2v) is 6.68. The molecule has 0 bridgehead atoms.